The van der Waals surface area contributed by atoms with Crippen LogP contribution < -0.4 is 5.32 Å². The fourth-order valence-electron chi connectivity index (χ4n) is 2.23. The summed E-state index contributed by atoms with van der Waals surface area (Å²) in [7, 11) is 4.04. The summed E-state index contributed by atoms with van der Waals surface area (Å²) in [5, 5.41) is 14.7. The normalized spacial score (nSPS) is 11.2. The Hall–Kier alpha value is -2.28. The Morgan fingerprint density at radius 2 is 2.13 bits per heavy atom. The molecular weight excluding hydrogens is 292 g/mol. The molecule has 124 valence electrons. The van der Waals surface area contributed by atoms with Crippen molar-refractivity contribution in [2.75, 3.05) is 27.2 Å². The summed E-state index contributed by atoms with van der Waals surface area (Å²) >= 11 is 0. The second-order valence-corrected chi connectivity index (χ2v) is 6.03. The summed E-state index contributed by atoms with van der Waals surface area (Å²) < 4.78 is 1.74. The highest BCUT2D eigenvalue weighted by Gasteiger charge is 2.13. The smallest absolute Gasteiger partial charge is 0.251 e. The highest BCUT2D eigenvalue weighted by molar-refractivity contribution is 5.95. The van der Waals surface area contributed by atoms with Crippen LogP contribution in [0.3, 0.4) is 0 Å². The molecule has 0 atom stereocenters. The first-order valence-corrected chi connectivity index (χ1v) is 7.80. The third-order valence-electron chi connectivity index (χ3n) is 3.43. The average molecular weight is 316 g/mol. The van der Waals surface area contributed by atoms with Crippen LogP contribution in [-0.4, -0.2) is 58.2 Å². The number of nitrogens with zero attached hydrogens (tertiary/aromatic N) is 5. The number of hydrogen-bond acceptors (Lipinski definition) is 5. The van der Waals surface area contributed by atoms with Crippen LogP contribution in [-0.2, 0) is 0 Å². The third-order valence-corrected chi connectivity index (χ3v) is 3.43. The zero-order valence-corrected chi connectivity index (χ0v) is 14.2. The van der Waals surface area contributed by atoms with E-state index in [4.69, 9.17) is 0 Å². The Morgan fingerprint density at radius 3 is 2.83 bits per heavy atom. The molecule has 7 nitrogen and oxygen atoms in total. The van der Waals surface area contributed by atoms with Crippen LogP contribution in [0.25, 0.3) is 11.4 Å². The number of carbonyl (C=O) groups excluding carboxylic acids is 1. The Balaban J connectivity index is 2.07. The molecule has 0 aliphatic rings. The molecule has 0 fully saturated rings. The van der Waals surface area contributed by atoms with Crippen LogP contribution >= 0.6 is 0 Å². The number of rotatable bonds is 7. The van der Waals surface area contributed by atoms with Crippen LogP contribution in [0.4, 0.5) is 0 Å². The van der Waals surface area contributed by atoms with E-state index >= 15 is 0 Å². The molecule has 0 aliphatic carbocycles. The first kappa shape index (κ1) is 17.1. The molecule has 2 aromatic rings. The van der Waals surface area contributed by atoms with Crippen molar-refractivity contribution in [3.8, 4) is 11.4 Å². The Labute approximate surface area is 136 Å². The van der Waals surface area contributed by atoms with Gasteiger partial charge in [0.15, 0.2) is 5.82 Å². The fraction of sp³-hybridized carbons (Fsp3) is 0.500. The first-order chi connectivity index (χ1) is 11.0. The number of carbonyl (C=O) groups is 1. The van der Waals surface area contributed by atoms with Gasteiger partial charge in [-0.3, -0.25) is 4.79 Å². The Morgan fingerprint density at radius 1 is 1.35 bits per heavy atom. The molecule has 1 heterocycles. The Bertz CT molecular complexity index is 650. The third kappa shape index (κ3) is 4.59. The van der Waals surface area contributed by atoms with Crippen molar-refractivity contribution in [1.29, 1.82) is 0 Å². The number of nitrogens with one attached hydrogen (secondary N) is 1. The minimum Gasteiger partial charge on any atom is -0.352 e. The molecule has 0 spiro atoms. The summed E-state index contributed by atoms with van der Waals surface area (Å²) in [5.41, 5.74) is 1.45. The monoisotopic (exact) mass is 316 g/mol. The molecule has 0 bridgehead atoms. The molecule has 0 radical (unpaired) electrons. The van der Waals surface area contributed by atoms with Crippen molar-refractivity contribution in [2.24, 2.45) is 0 Å². The van der Waals surface area contributed by atoms with Gasteiger partial charge in [0.2, 0.25) is 0 Å². The van der Waals surface area contributed by atoms with Crippen LogP contribution in [0.2, 0.25) is 0 Å². The maximum Gasteiger partial charge on any atom is 0.251 e. The SMILES string of the molecule is CC(C)n1nnnc1-c1cccc(C(=O)NCCCN(C)C)c1. The molecule has 23 heavy (non-hydrogen) atoms. The lowest BCUT2D eigenvalue weighted by atomic mass is 10.1. The predicted octanol–water partition coefficient (Wildman–Crippen LogP) is 1.60. The number of benzene rings is 1. The second-order valence-electron chi connectivity index (χ2n) is 6.03. The standard InChI is InChI=1S/C16H24N6O/c1-12(2)22-15(18-19-20-22)13-7-5-8-14(11-13)16(23)17-9-6-10-21(3)4/h5,7-8,11-12H,6,9-10H2,1-4H3,(H,17,23). The van der Waals surface area contributed by atoms with Crippen LogP contribution in [0.1, 0.15) is 36.7 Å². The lowest BCUT2D eigenvalue weighted by molar-refractivity contribution is 0.0952. The van der Waals surface area contributed by atoms with Gasteiger partial charge in [0.1, 0.15) is 0 Å². The molecular formula is C16H24N6O. The van der Waals surface area contributed by atoms with E-state index in [0.717, 1.165) is 18.5 Å². The summed E-state index contributed by atoms with van der Waals surface area (Å²) in [5.74, 6) is 0.594. The molecule has 1 aromatic heterocycles. The largest absolute Gasteiger partial charge is 0.352 e. The molecule has 1 amide bonds. The van der Waals surface area contributed by atoms with Gasteiger partial charge in [0.25, 0.3) is 5.91 Å². The van der Waals surface area contributed by atoms with E-state index in [-0.39, 0.29) is 11.9 Å². The highest BCUT2D eigenvalue weighted by atomic mass is 16.1. The van der Waals surface area contributed by atoms with Crippen molar-refractivity contribution in [1.82, 2.24) is 30.4 Å². The van der Waals surface area contributed by atoms with Gasteiger partial charge in [-0.25, -0.2) is 4.68 Å². The quantitative estimate of drug-likeness (QED) is 0.785. The van der Waals surface area contributed by atoms with Gasteiger partial charge >= 0.3 is 0 Å². The molecule has 0 saturated carbocycles. The molecule has 1 N–H and O–H groups in total. The first-order valence-electron chi connectivity index (χ1n) is 7.80. The summed E-state index contributed by atoms with van der Waals surface area (Å²) in [4.78, 5) is 14.3. The lowest BCUT2D eigenvalue weighted by Crippen LogP contribution is -2.27. The van der Waals surface area contributed by atoms with Gasteiger partial charge in [-0.15, -0.1) is 5.10 Å². The van der Waals surface area contributed by atoms with E-state index in [1.165, 1.54) is 0 Å². The minimum absolute atomic E-state index is 0.0748. The summed E-state index contributed by atoms with van der Waals surface area (Å²) in [6.07, 6.45) is 0.921. The van der Waals surface area contributed by atoms with Crippen molar-refractivity contribution in [3.63, 3.8) is 0 Å². The maximum absolute atomic E-state index is 12.2. The van der Waals surface area contributed by atoms with E-state index < -0.39 is 0 Å². The van der Waals surface area contributed by atoms with Gasteiger partial charge in [0.05, 0.1) is 6.04 Å². The lowest BCUT2D eigenvalue weighted by Gasteiger charge is -2.11. The number of tetrazole rings is 1. The molecule has 7 heteroatoms. The van der Waals surface area contributed by atoms with Crippen LogP contribution in [0, 0.1) is 0 Å². The summed E-state index contributed by atoms with van der Waals surface area (Å²) in [6, 6.07) is 7.54. The van der Waals surface area contributed by atoms with E-state index in [9.17, 15) is 4.79 Å². The van der Waals surface area contributed by atoms with Crippen LogP contribution in [0.5, 0.6) is 0 Å². The molecule has 2 rings (SSSR count). The number of hydrogen-bond donors (Lipinski definition) is 1. The van der Waals surface area contributed by atoms with Gasteiger partial charge in [-0.2, -0.15) is 0 Å². The van der Waals surface area contributed by atoms with E-state index in [2.05, 4.69) is 25.7 Å². The fourth-order valence-corrected chi connectivity index (χ4v) is 2.23. The topological polar surface area (TPSA) is 75.9 Å². The summed E-state index contributed by atoms with van der Waals surface area (Å²) in [6.45, 7) is 5.64. The van der Waals surface area contributed by atoms with E-state index in [1.807, 2.05) is 46.1 Å². The second kappa shape index (κ2) is 7.82. The van der Waals surface area contributed by atoms with E-state index in [1.54, 1.807) is 10.7 Å². The van der Waals surface area contributed by atoms with Gasteiger partial charge in [0, 0.05) is 17.7 Å². The van der Waals surface area contributed by atoms with Gasteiger partial charge < -0.3 is 10.2 Å². The zero-order valence-electron chi connectivity index (χ0n) is 14.2. The zero-order chi connectivity index (χ0) is 16.8. The molecule has 0 saturated heterocycles. The van der Waals surface area contributed by atoms with Crippen molar-refractivity contribution >= 4 is 5.91 Å². The average Bonchev–Trinajstić information content (AvgIpc) is 3.01. The number of amides is 1. The molecule has 1 aromatic carbocycles. The predicted molar refractivity (Wildman–Crippen MR) is 89.1 cm³/mol. The highest BCUT2D eigenvalue weighted by Crippen LogP contribution is 2.20. The van der Waals surface area contributed by atoms with Crippen molar-refractivity contribution in [3.05, 3.63) is 29.8 Å². The molecule has 0 unspecified atom stereocenters. The Kier molecular flexibility index (Phi) is 5.81. The molecule has 0 aliphatic heterocycles. The van der Waals surface area contributed by atoms with Gasteiger partial charge in [-0.1, -0.05) is 12.1 Å². The van der Waals surface area contributed by atoms with Crippen molar-refractivity contribution in [2.45, 2.75) is 26.3 Å². The van der Waals surface area contributed by atoms with Crippen LogP contribution in [0.15, 0.2) is 24.3 Å². The van der Waals surface area contributed by atoms with E-state index in [0.29, 0.717) is 17.9 Å². The van der Waals surface area contributed by atoms with Crippen molar-refractivity contribution < 1.29 is 4.79 Å². The minimum atomic E-state index is -0.0748. The maximum atomic E-state index is 12.2. The number of aromatic nitrogens is 4. The van der Waals surface area contributed by atoms with Gasteiger partial charge in [-0.05, 0) is 63.5 Å².